The second-order valence-electron chi connectivity index (χ2n) is 8.84. The maximum atomic E-state index is 15.1. The Bertz CT molecular complexity index is 1260. The van der Waals surface area contributed by atoms with E-state index < -0.39 is 11.6 Å². The van der Waals surface area contributed by atoms with Gasteiger partial charge in [0.25, 0.3) is 0 Å². The van der Waals surface area contributed by atoms with Crippen molar-refractivity contribution in [2.75, 3.05) is 55.0 Å². The van der Waals surface area contributed by atoms with E-state index in [0.29, 0.717) is 48.9 Å². The molecule has 0 unspecified atom stereocenters. The van der Waals surface area contributed by atoms with Crippen molar-refractivity contribution in [2.45, 2.75) is 25.8 Å². The number of nitrogens with one attached hydrogen (secondary N) is 2. The molecule has 0 spiro atoms. The van der Waals surface area contributed by atoms with Crippen molar-refractivity contribution in [2.24, 2.45) is 0 Å². The highest BCUT2D eigenvalue weighted by molar-refractivity contribution is 5.98. The van der Waals surface area contributed by atoms with E-state index in [1.165, 1.54) is 6.07 Å². The van der Waals surface area contributed by atoms with Gasteiger partial charge < -0.3 is 25.2 Å². The van der Waals surface area contributed by atoms with Gasteiger partial charge in [-0.25, -0.2) is 13.8 Å². The van der Waals surface area contributed by atoms with E-state index in [4.69, 9.17) is 4.74 Å². The summed E-state index contributed by atoms with van der Waals surface area (Å²) in [4.78, 5) is 25.6. The minimum atomic E-state index is -0.705. The van der Waals surface area contributed by atoms with Crippen LogP contribution in [0, 0.1) is 18.6 Å². The zero-order valence-corrected chi connectivity index (χ0v) is 19.8. The lowest BCUT2D eigenvalue weighted by Gasteiger charge is -2.29. The van der Waals surface area contributed by atoms with E-state index in [9.17, 15) is 9.18 Å². The predicted molar refractivity (Wildman–Crippen MR) is 131 cm³/mol. The summed E-state index contributed by atoms with van der Waals surface area (Å²) in [5.74, 6) is -0.978. The fourth-order valence-electron chi connectivity index (χ4n) is 4.92. The minimum absolute atomic E-state index is 0.105. The minimum Gasteiger partial charge on any atom is -0.378 e. The number of rotatable bonds is 5. The molecule has 2 aliphatic heterocycles. The van der Waals surface area contributed by atoms with E-state index in [1.807, 2.05) is 17.9 Å². The number of pyridine rings is 2. The van der Waals surface area contributed by atoms with E-state index in [2.05, 4.69) is 25.5 Å². The first-order valence-corrected chi connectivity index (χ1v) is 11.8. The quantitative estimate of drug-likeness (QED) is 0.576. The van der Waals surface area contributed by atoms with Crippen LogP contribution in [0.3, 0.4) is 0 Å². The summed E-state index contributed by atoms with van der Waals surface area (Å²) in [5, 5.41) is 6.23. The molecule has 0 aliphatic carbocycles. The summed E-state index contributed by atoms with van der Waals surface area (Å²) >= 11 is 0. The molecule has 0 radical (unpaired) electrons. The van der Waals surface area contributed by atoms with Crippen LogP contribution in [0.25, 0.3) is 10.9 Å². The zero-order valence-electron chi connectivity index (χ0n) is 19.8. The van der Waals surface area contributed by atoms with Gasteiger partial charge in [-0.05, 0) is 25.8 Å². The van der Waals surface area contributed by atoms with Crippen LogP contribution in [-0.2, 0) is 9.53 Å². The van der Waals surface area contributed by atoms with Crippen LogP contribution in [0.1, 0.15) is 18.4 Å². The standard InChI is InChI=1S/C25H28F2N6O2/c1-15-23(30-17-12-18(14-29-13-17)32-6-8-35-9-7-32)22-19(27)10-16(26)11-20(22)31-24(15)33-5-3-4-21(33)25(34)28-2/h10-14,21H,3-9H2,1-2H3,(H,28,34)(H,30,31)/t21-/m1/s1. The normalized spacial score (nSPS) is 18.2. The number of amides is 1. The fraction of sp³-hybridized carbons (Fsp3) is 0.400. The maximum absolute atomic E-state index is 15.1. The Balaban J connectivity index is 1.60. The molecule has 35 heavy (non-hydrogen) atoms. The van der Waals surface area contributed by atoms with Gasteiger partial charge in [-0.3, -0.25) is 9.78 Å². The molecule has 1 amide bonds. The Kier molecular flexibility index (Phi) is 6.38. The molecule has 1 aromatic carbocycles. The topological polar surface area (TPSA) is 82.6 Å². The largest absolute Gasteiger partial charge is 0.378 e. The van der Waals surface area contributed by atoms with Crippen LogP contribution in [-0.4, -0.2) is 61.8 Å². The lowest BCUT2D eigenvalue weighted by molar-refractivity contribution is -0.121. The number of carbonyl (C=O) groups excluding carboxylic acids is 1. The smallest absolute Gasteiger partial charge is 0.242 e. The molecule has 184 valence electrons. The molecule has 10 heteroatoms. The first kappa shape index (κ1) is 23.2. The van der Waals surface area contributed by atoms with Crippen LogP contribution >= 0.6 is 0 Å². The average Bonchev–Trinajstić information content (AvgIpc) is 3.35. The molecule has 2 aromatic heterocycles. The number of anilines is 4. The third-order valence-electron chi connectivity index (χ3n) is 6.66. The van der Waals surface area contributed by atoms with Gasteiger partial charge in [-0.15, -0.1) is 0 Å². The predicted octanol–water partition coefficient (Wildman–Crippen LogP) is 3.51. The third kappa shape index (κ3) is 4.45. The lowest BCUT2D eigenvalue weighted by Crippen LogP contribution is -2.42. The Morgan fingerprint density at radius 1 is 1.14 bits per heavy atom. The van der Waals surface area contributed by atoms with Crippen molar-refractivity contribution >= 4 is 39.7 Å². The molecule has 2 aliphatic rings. The van der Waals surface area contributed by atoms with Crippen molar-refractivity contribution in [1.82, 2.24) is 15.3 Å². The van der Waals surface area contributed by atoms with E-state index in [-0.39, 0.29) is 22.9 Å². The summed E-state index contributed by atoms with van der Waals surface area (Å²) in [6.07, 6.45) is 4.96. The summed E-state index contributed by atoms with van der Waals surface area (Å²) in [6, 6.07) is 3.65. The van der Waals surface area contributed by atoms with Gasteiger partial charge in [0.2, 0.25) is 5.91 Å². The molecule has 1 atom stereocenters. The maximum Gasteiger partial charge on any atom is 0.242 e. The van der Waals surface area contributed by atoms with Gasteiger partial charge >= 0.3 is 0 Å². The number of aromatic nitrogens is 2. The first-order chi connectivity index (χ1) is 17.0. The number of morpholine rings is 1. The van der Waals surface area contributed by atoms with Gasteiger partial charge in [0, 0.05) is 44.4 Å². The molecule has 8 nitrogen and oxygen atoms in total. The van der Waals surface area contributed by atoms with E-state index in [1.54, 1.807) is 19.4 Å². The lowest BCUT2D eigenvalue weighted by atomic mass is 10.1. The fourth-order valence-corrected chi connectivity index (χ4v) is 4.92. The molecule has 4 heterocycles. The van der Waals surface area contributed by atoms with Gasteiger partial charge in [-0.2, -0.15) is 0 Å². The number of carbonyl (C=O) groups is 1. The van der Waals surface area contributed by atoms with Gasteiger partial charge in [0.15, 0.2) is 0 Å². The number of likely N-dealkylation sites (N-methyl/N-ethyl adjacent to an activating group) is 1. The number of halogens is 2. The molecule has 5 rings (SSSR count). The van der Waals surface area contributed by atoms with Crippen molar-refractivity contribution in [1.29, 1.82) is 0 Å². The molecule has 2 saturated heterocycles. The van der Waals surface area contributed by atoms with Crippen LogP contribution in [0.4, 0.5) is 31.7 Å². The van der Waals surface area contributed by atoms with Crippen LogP contribution < -0.4 is 20.4 Å². The third-order valence-corrected chi connectivity index (χ3v) is 6.66. The van der Waals surface area contributed by atoms with Gasteiger partial charge in [0.1, 0.15) is 23.5 Å². The van der Waals surface area contributed by atoms with E-state index in [0.717, 1.165) is 31.3 Å². The van der Waals surface area contributed by atoms with Crippen molar-refractivity contribution < 1.29 is 18.3 Å². The molecule has 2 N–H and O–H groups in total. The number of hydrogen-bond acceptors (Lipinski definition) is 7. The number of fused-ring (bicyclic) bond motifs is 1. The summed E-state index contributed by atoms with van der Waals surface area (Å²) in [6.45, 7) is 5.28. The number of benzene rings is 1. The van der Waals surface area contributed by atoms with Crippen LogP contribution in [0.5, 0.6) is 0 Å². The SMILES string of the molecule is CNC(=O)[C@H]1CCCN1c1nc2cc(F)cc(F)c2c(Nc2cncc(N3CCOCC3)c2)c1C. The highest BCUT2D eigenvalue weighted by Crippen LogP contribution is 2.39. The average molecular weight is 483 g/mol. The molecule has 3 aromatic rings. The van der Waals surface area contributed by atoms with Crippen molar-refractivity contribution in [3.63, 3.8) is 0 Å². The zero-order chi connectivity index (χ0) is 24.5. The Morgan fingerprint density at radius 2 is 1.94 bits per heavy atom. The molecule has 2 fully saturated rings. The first-order valence-electron chi connectivity index (χ1n) is 11.8. The Morgan fingerprint density at radius 3 is 2.71 bits per heavy atom. The van der Waals surface area contributed by atoms with Crippen molar-refractivity contribution in [3.8, 4) is 0 Å². The Hall–Kier alpha value is -3.53. The highest BCUT2D eigenvalue weighted by Gasteiger charge is 2.33. The van der Waals surface area contributed by atoms with Gasteiger partial charge in [-0.1, -0.05) is 0 Å². The highest BCUT2D eigenvalue weighted by atomic mass is 19.1. The molecular formula is C25H28F2N6O2. The summed E-state index contributed by atoms with van der Waals surface area (Å²) in [7, 11) is 1.60. The number of hydrogen-bond donors (Lipinski definition) is 2. The summed E-state index contributed by atoms with van der Waals surface area (Å²) in [5.41, 5.74) is 2.94. The van der Waals surface area contributed by atoms with Gasteiger partial charge in [0.05, 0.1) is 53.6 Å². The van der Waals surface area contributed by atoms with Crippen molar-refractivity contribution in [3.05, 3.63) is 47.8 Å². The number of nitrogens with zero attached hydrogens (tertiary/aromatic N) is 4. The second kappa shape index (κ2) is 9.61. The number of ether oxygens (including phenoxy) is 1. The van der Waals surface area contributed by atoms with E-state index >= 15 is 4.39 Å². The van der Waals surface area contributed by atoms with Crippen LogP contribution in [0.2, 0.25) is 0 Å². The Labute approximate surface area is 202 Å². The van der Waals surface area contributed by atoms with Crippen LogP contribution in [0.15, 0.2) is 30.6 Å². The summed E-state index contributed by atoms with van der Waals surface area (Å²) < 4.78 is 34.7. The molecular weight excluding hydrogens is 454 g/mol. The monoisotopic (exact) mass is 482 g/mol. The second-order valence-corrected chi connectivity index (χ2v) is 8.84. The molecule has 0 bridgehead atoms. The molecule has 0 saturated carbocycles.